The predicted octanol–water partition coefficient (Wildman–Crippen LogP) is 16.1. The first-order chi connectivity index (χ1) is 22.8. The van der Waals surface area contributed by atoms with Crippen LogP contribution in [0.3, 0.4) is 0 Å². The van der Waals surface area contributed by atoms with Crippen LogP contribution in [0.15, 0.2) is 67.1 Å². The first kappa shape index (κ1) is 66.7. The van der Waals surface area contributed by atoms with Crippen LogP contribution in [-0.4, -0.2) is 25.1 Å². The minimum Gasteiger partial charge on any atom is -0.261 e. The van der Waals surface area contributed by atoms with Crippen LogP contribution in [-0.2, 0) is 0 Å². The lowest BCUT2D eigenvalue weighted by Crippen LogP contribution is -1.95. The largest absolute Gasteiger partial charge is 0.261 e. The normalized spacial score (nSPS) is 8.46. The zero-order valence-electron chi connectivity index (χ0n) is 34.9. The summed E-state index contributed by atoms with van der Waals surface area (Å²) in [6.07, 6.45) is 5.61. The lowest BCUT2D eigenvalue weighted by Gasteiger charge is -2.03. The van der Waals surface area contributed by atoms with Gasteiger partial charge in [-0.05, 0) is 80.3 Å². The van der Waals surface area contributed by atoms with Gasteiger partial charge >= 0.3 is 0 Å². The van der Waals surface area contributed by atoms with Gasteiger partial charge in [-0.1, -0.05) is 176 Å². The van der Waals surface area contributed by atoms with E-state index in [9.17, 15) is 0 Å². The van der Waals surface area contributed by atoms with Gasteiger partial charge < -0.3 is 0 Å². The van der Waals surface area contributed by atoms with Crippen LogP contribution < -0.4 is 0 Å². The highest BCUT2D eigenvalue weighted by Gasteiger charge is 2.00. The molecule has 304 valence electrons. The van der Waals surface area contributed by atoms with Crippen molar-refractivity contribution in [1.29, 1.82) is 0 Å². The summed E-state index contributed by atoms with van der Waals surface area (Å²) in [7, 11) is 0. The maximum atomic E-state index is 4.28. The maximum absolute atomic E-state index is 4.28. The monoisotopic (exact) mass is 726 g/mol. The summed E-state index contributed by atoms with van der Waals surface area (Å²) in [4.78, 5) is 12.6. The van der Waals surface area contributed by atoms with Crippen molar-refractivity contribution in [2.45, 2.75) is 192 Å². The molecule has 0 atom stereocenters. The van der Waals surface area contributed by atoms with Crippen molar-refractivity contribution in [3.63, 3.8) is 0 Å². The van der Waals surface area contributed by atoms with Gasteiger partial charge in [0.2, 0.25) is 0 Å². The summed E-state index contributed by atoms with van der Waals surface area (Å²) < 4.78 is 0. The van der Waals surface area contributed by atoms with Crippen molar-refractivity contribution in [1.82, 2.24) is 25.1 Å². The number of pyridine rings is 1. The van der Waals surface area contributed by atoms with Gasteiger partial charge in [0.25, 0.3) is 0 Å². The zero-order chi connectivity index (χ0) is 38.2. The molecular weight excluding hydrogens is 635 g/mol. The third-order valence-electron chi connectivity index (χ3n) is 6.00. The molecule has 3 heterocycles. The molecule has 0 aliphatic rings. The molecule has 0 amide bonds. The smallest absolute Gasteiger partial charge is 0.130 e. The van der Waals surface area contributed by atoms with E-state index in [1.165, 1.54) is 22.4 Å². The van der Waals surface area contributed by atoms with Gasteiger partial charge in [-0.2, -0.15) is 10.2 Å². The van der Waals surface area contributed by atoms with E-state index in [4.69, 9.17) is 0 Å². The third-order valence-corrected chi connectivity index (χ3v) is 6.00. The Morgan fingerprint density at radius 1 is 0.365 bits per heavy atom. The molecule has 0 aliphatic heterocycles. The Morgan fingerprint density at radius 2 is 0.750 bits per heavy atom. The number of aryl methyl sites for hydroxylation is 4. The molecule has 0 aliphatic carbocycles. The highest BCUT2D eigenvalue weighted by molar-refractivity contribution is 5.23. The van der Waals surface area contributed by atoms with Gasteiger partial charge in [0.05, 0.1) is 11.4 Å². The third kappa shape index (κ3) is 35.0. The number of nitrogens with zero attached hydrogens (tertiary/aromatic N) is 5. The van der Waals surface area contributed by atoms with Crippen LogP contribution >= 0.6 is 0 Å². The standard InChI is InChI=1S/C10H14.C9H13N.2C8H12N2.4C2H6.4CH4/c1-8(2)10-6-4-9(3)5-7-10;1-7(2)9-5-4-8(3)6-10-9;1-6(2)8-9-4-7(3)5-10-8;1-6(2)8-5-4-7(3)9-10-8;4*1-2;;;;/h4-8H,1-3H3;4-7H,1-3H3;2*4-6H,1-3H3;4*1-2H3;4*1H4. The molecule has 5 heteroatoms. The summed E-state index contributed by atoms with van der Waals surface area (Å²) >= 11 is 0. The SMILES string of the molecule is C.C.C.C.CC.CC.CC.CC.Cc1ccc(C(C)C)cc1.Cc1ccc(C(C)C)nc1.Cc1ccc(C(C)C)nn1.Cc1cnc(C(C)C)nc1. The average Bonchev–Trinajstić information content (AvgIpc) is 3.10. The van der Waals surface area contributed by atoms with E-state index in [1.807, 2.05) is 100.0 Å². The second-order valence-corrected chi connectivity index (χ2v) is 11.5. The van der Waals surface area contributed by atoms with E-state index in [-0.39, 0.29) is 29.7 Å². The second-order valence-electron chi connectivity index (χ2n) is 11.5. The lowest BCUT2D eigenvalue weighted by atomic mass is 10.0. The van der Waals surface area contributed by atoms with E-state index in [0.717, 1.165) is 22.8 Å². The molecule has 52 heavy (non-hydrogen) atoms. The molecule has 0 N–H and O–H groups in total. The van der Waals surface area contributed by atoms with Crippen molar-refractivity contribution >= 4 is 0 Å². The summed E-state index contributed by atoms with van der Waals surface area (Å²) in [5.41, 5.74) is 8.31. The average molecular weight is 726 g/mol. The number of rotatable bonds is 4. The molecule has 0 spiro atoms. The van der Waals surface area contributed by atoms with E-state index >= 15 is 0 Å². The number of hydrogen-bond donors (Lipinski definition) is 0. The fourth-order valence-electron chi connectivity index (χ4n) is 3.19. The summed E-state index contributed by atoms with van der Waals surface area (Å²) in [5.74, 6) is 3.03. The van der Waals surface area contributed by atoms with Crippen LogP contribution in [0, 0.1) is 27.7 Å². The molecule has 0 fully saturated rings. The van der Waals surface area contributed by atoms with Gasteiger partial charge in [0.1, 0.15) is 5.82 Å². The summed E-state index contributed by atoms with van der Waals surface area (Å²) in [6, 6.07) is 16.9. The molecule has 0 saturated carbocycles. The lowest BCUT2D eigenvalue weighted by molar-refractivity contribution is 0.771. The fraction of sp³-hybridized carbons (Fsp3) is 0.596. The highest BCUT2D eigenvalue weighted by Crippen LogP contribution is 2.14. The van der Waals surface area contributed by atoms with Gasteiger partial charge in [-0.3, -0.25) is 4.98 Å². The number of aromatic nitrogens is 5. The molecule has 4 aromatic rings. The Kier molecular flexibility index (Phi) is 56.1. The number of hydrogen-bond acceptors (Lipinski definition) is 5. The Balaban J connectivity index is -0.0000000757. The molecule has 0 radical (unpaired) electrons. The number of benzene rings is 1. The Morgan fingerprint density at radius 3 is 1.06 bits per heavy atom. The van der Waals surface area contributed by atoms with Crippen LogP contribution in [0.1, 0.15) is 209 Å². The van der Waals surface area contributed by atoms with Crippen molar-refractivity contribution in [2.75, 3.05) is 0 Å². The molecule has 1 aromatic carbocycles. The molecule has 5 nitrogen and oxygen atoms in total. The van der Waals surface area contributed by atoms with Gasteiger partial charge in [-0.15, -0.1) is 0 Å². The van der Waals surface area contributed by atoms with Crippen molar-refractivity contribution in [2.24, 2.45) is 0 Å². The van der Waals surface area contributed by atoms with E-state index in [0.29, 0.717) is 23.7 Å². The van der Waals surface area contributed by atoms with Gasteiger partial charge in [0.15, 0.2) is 0 Å². The summed E-state index contributed by atoms with van der Waals surface area (Å²) in [6.45, 7) is 41.2. The molecule has 0 saturated heterocycles. The first-order valence-corrected chi connectivity index (χ1v) is 18.4. The van der Waals surface area contributed by atoms with E-state index < -0.39 is 0 Å². The molecule has 0 bridgehead atoms. The zero-order valence-corrected chi connectivity index (χ0v) is 34.9. The first-order valence-electron chi connectivity index (χ1n) is 18.4. The highest BCUT2D eigenvalue weighted by atomic mass is 15.1. The van der Waals surface area contributed by atoms with Crippen LogP contribution in [0.2, 0.25) is 0 Å². The van der Waals surface area contributed by atoms with Gasteiger partial charge in [0, 0.05) is 30.2 Å². The molecule has 3 aromatic heterocycles. The molecule has 4 rings (SSSR count). The Labute approximate surface area is 328 Å². The van der Waals surface area contributed by atoms with E-state index in [2.05, 4.69) is 131 Å². The second kappa shape index (κ2) is 43.7. The fourth-order valence-corrected chi connectivity index (χ4v) is 3.19. The van der Waals surface area contributed by atoms with Crippen LogP contribution in [0.5, 0.6) is 0 Å². The van der Waals surface area contributed by atoms with Crippen LogP contribution in [0.25, 0.3) is 0 Å². The van der Waals surface area contributed by atoms with Crippen molar-refractivity contribution < 1.29 is 0 Å². The summed E-state index contributed by atoms with van der Waals surface area (Å²) in [5, 5.41) is 7.98. The molecule has 0 unspecified atom stereocenters. The Hall–Kier alpha value is -3.47. The van der Waals surface area contributed by atoms with Crippen molar-refractivity contribution in [3.05, 3.63) is 112 Å². The topological polar surface area (TPSA) is 64.5 Å². The minimum absolute atomic E-state index is 0. The minimum atomic E-state index is 0. The predicted molar refractivity (Wildman–Crippen MR) is 242 cm³/mol. The van der Waals surface area contributed by atoms with Crippen LogP contribution in [0.4, 0.5) is 0 Å². The van der Waals surface area contributed by atoms with Crippen molar-refractivity contribution in [3.8, 4) is 0 Å². The van der Waals surface area contributed by atoms with E-state index in [1.54, 1.807) is 0 Å². The maximum Gasteiger partial charge on any atom is 0.130 e. The van der Waals surface area contributed by atoms with Gasteiger partial charge in [-0.25, -0.2) is 9.97 Å². The molecular formula is C47H91N5. The quantitative estimate of drug-likeness (QED) is 0.210. The Bertz CT molecular complexity index is 997.